The van der Waals surface area contributed by atoms with Crippen molar-refractivity contribution in [2.75, 3.05) is 46.8 Å². The minimum absolute atomic E-state index is 0.241. The Balaban J connectivity index is 2.25. The molecule has 0 saturated carbocycles. The molecule has 0 amide bonds. The number of allylic oxidation sites excluding steroid dienone is 1. The first-order valence-electron chi connectivity index (χ1n) is 8.67. The third-order valence-corrected chi connectivity index (χ3v) is 4.30. The molecule has 1 saturated heterocycles. The molecule has 140 valence electrons. The lowest BCUT2D eigenvalue weighted by Crippen LogP contribution is -2.42. The molecule has 1 atom stereocenters. The zero-order chi connectivity index (χ0) is 18.0. The van der Waals surface area contributed by atoms with Crippen molar-refractivity contribution in [3.05, 3.63) is 12.7 Å². The Kier molecular flexibility index (Phi) is 9.18. The van der Waals surface area contributed by atoms with Crippen molar-refractivity contribution in [1.82, 2.24) is 15.1 Å². The average molecular weight is 348 g/mol. The summed E-state index contributed by atoms with van der Waals surface area (Å²) in [6.45, 7) is 5.51. The van der Waals surface area contributed by atoms with Gasteiger partial charge in [-0.05, 0) is 38.1 Å². The van der Waals surface area contributed by atoms with Crippen molar-refractivity contribution < 1.29 is 13.2 Å². The van der Waals surface area contributed by atoms with Gasteiger partial charge >= 0.3 is 6.18 Å². The molecule has 1 N–H and O–H groups in total. The summed E-state index contributed by atoms with van der Waals surface area (Å²) in [5.74, 6) is 1.05. The number of alkyl halides is 3. The van der Waals surface area contributed by atoms with Crippen molar-refractivity contribution in [3.8, 4) is 0 Å². The van der Waals surface area contributed by atoms with Crippen LogP contribution in [0, 0.1) is 5.92 Å². The van der Waals surface area contributed by atoms with Gasteiger partial charge < -0.3 is 10.2 Å². The van der Waals surface area contributed by atoms with Crippen LogP contribution in [0.5, 0.6) is 0 Å². The number of nitrogens with zero attached hydrogens (tertiary/aromatic N) is 3. The number of unbranched alkanes of at least 4 members (excludes halogenated alkanes) is 3. The number of likely N-dealkylation sites (tertiary alicyclic amines) is 1. The van der Waals surface area contributed by atoms with Crippen LogP contribution < -0.4 is 5.32 Å². The predicted molar refractivity (Wildman–Crippen MR) is 93.3 cm³/mol. The zero-order valence-corrected chi connectivity index (χ0v) is 14.9. The summed E-state index contributed by atoms with van der Waals surface area (Å²) in [6.07, 6.45) is 3.08. The van der Waals surface area contributed by atoms with E-state index in [0.717, 1.165) is 44.6 Å². The summed E-state index contributed by atoms with van der Waals surface area (Å²) < 4.78 is 37.2. The third-order valence-electron chi connectivity index (χ3n) is 4.30. The Morgan fingerprint density at radius 3 is 2.75 bits per heavy atom. The molecule has 0 aromatic rings. The highest BCUT2D eigenvalue weighted by atomic mass is 19.4. The van der Waals surface area contributed by atoms with E-state index in [1.165, 1.54) is 4.90 Å². The highest BCUT2D eigenvalue weighted by Crippen LogP contribution is 2.22. The topological polar surface area (TPSA) is 30.9 Å². The van der Waals surface area contributed by atoms with Gasteiger partial charge in [-0.1, -0.05) is 12.5 Å². The van der Waals surface area contributed by atoms with E-state index in [2.05, 4.69) is 21.8 Å². The molecule has 1 aliphatic heterocycles. The number of guanidine groups is 1. The van der Waals surface area contributed by atoms with Crippen LogP contribution in [-0.2, 0) is 0 Å². The average Bonchev–Trinajstić information content (AvgIpc) is 2.93. The minimum Gasteiger partial charge on any atom is -0.356 e. The minimum atomic E-state index is -4.11. The fraction of sp³-hybridized carbons (Fsp3) is 0.824. The summed E-state index contributed by atoms with van der Waals surface area (Å²) in [4.78, 5) is 7.83. The molecule has 7 heteroatoms. The zero-order valence-electron chi connectivity index (χ0n) is 14.9. The van der Waals surface area contributed by atoms with E-state index in [-0.39, 0.29) is 5.92 Å². The lowest BCUT2D eigenvalue weighted by atomic mass is 10.1. The molecule has 1 heterocycles. The summed E-state index contributed by atoms with van der Waals surface area (Å²) in [7, 11) is 3.73. The van der Waals surface area contributed by atoms with E-state index in [0.29, 0.717) is 19.6 Å². The molecule has 1 rings (SSSR count). The lowest BCUT2D eigenvalue weighted by molar-refractivity contribution is -0.143. The molecule has 0 aromatic heterocycles. The number of halogens is 3. The molecule has 0 radical (unpaired) electrons. The Morgan fingerprint density at radius 2 is 2.12 bits per heavy atom. The van der Waals surface area contributed by atoms with Gasteiger partial charge in [0.15, 0.2) is 5.96 Å². The van der Waals surface area contributed by atoms with E-state index < -0.39 is 12.7 Å². The van der Waals surface area contributed by atoms with Crippen molar-refractivity contribution >= 4 is 5.96 Å². The summed E-state index contributed by atoms with van der Waals surface area (Å²) in [6, 6.07) is 0. The first kappa shape index (κ1) is 20.8. The van der Waals surface area contributed by atoms with E-state index >= 15 is 0 Å². The fourth-order valence-corrected chi connectivity index (χ4v) is 3.02. The van der Waals surface area contributed by atoms with E-state index in [1.807, 2.05) is 13.1 Å². The molecule has 0 aliphatic carbocycles. The van der Waals surface area contributed by atoms with Gasteiger partial charge in [-0.25, -0.2) is 0 Å². The Morgan fingerprint density at radius 1 is 1.38 bits per heavy atom. The second-order valence-electron chi connectivity index (χ2n) is 6.49. The molecular formula is C17H31F3N4. The van der Waals surface area contributed by atoms with Crippen LogP contribution >= 0.6 is 0 Å². The second-order valence-corrected chi connectivity index (χ2v) is 6.49. The monoisotopic (exact) mass is 348 g/mol. The van der Waals surface area contributed by atoms with Crippen LogP contribution in [-0.4, -0.2) is 68.8 Å². The number of nitrogens with one attached hydrogen (secondary N) is 1. The van der Waals surface area contributed by atoms with Crippen LogP contribution in [0.3, 0.4) is 0 Å². The maximum Gasteiger partial charge on any atom is 0.401 e. The number of aliphatic imine (C=N–C) groups is 1. The molecule has 0 spiro atoms. The van der Waals surface area contributed by atoms with Crippen molar-refractivity contribution in [3.63, 3.8) is 0 Å². The standard InChI is InChI=1S/C17H31F3N4/c1-4-5-6-7-8-10-23(3)16(21-2)22-12-15-9-11-24(13-15)14-17(18,19)20/h4,15H,1,5-14H2,2-3H3,(H,21,22). The maximum atomic E-state index is 12.4. The number of rotatable bonds is 9. The van der Waals surface area contributed by atoms with Crippen molar-refractivity contribution in [1.29, 1.82) is 0 Å². The summed E-state index contributed by atoms with van der Waals surface area (Å²) in [5.41, 5.74) is 0. The largest absolute Gasteiger partial charge is 0.401 e. The van der Waals surface area contributed by atoms with Crippen LogP contribution in [0.4, 0.5) is 13.2 Å². The molecular weight excluding hydrogens is 317 g/mol. The fourth-order valence-electron chi connectivity index (χ4n) is 3.02. The molecule has 1 aliphatic rings. The second kappa shape index (κ2) is 10.6. The van der Waals surface area contributed by atoms with Gasteiger partial charge in [0.2, 0.25) is 0 Å². The summed E-state index contributed by atoms with van der Waals surface area (Å²) in [5, 5.41) is 3.30. The van der Waals surface area contributed by atoms with Crippen LogP contribution in [0.1, 0.15) is 32.1 Å². The van der Waals surface area contributed by atoms with Gasteiger partial charge in [0, 0.05) is 33.7 Å². The first-order chi connectivity index (χ1) is 11.4. The highest BCUT2D eigenvalue weighted by Gasteiger charge is 2.34. The highest BCUT2D eigenvalue weighted by molar-refractivity contribution is 5.79. The maximum absolute atomic E-state index is 12.4. The Bertz CT molecular complexity index is 396. The molecule has 1 unspecified atom stereocenters. The molecule has 1 fully saturated rings. The van der Waals surface area contributed by atoms with E-state index in [4.69, 9.17) is 0 Å². The molecule has 0 aromatic carbocycles. The normalized spacial score (nSPS) is 19.5. The van der Waals surface area contributed by atoms with Crippen molar-refractivity contribution in [2.45, 2.75) is 38.3 Å². The summed E-state index contributed by atoms with van der Waals surface area (Å²) >= 11 is 0. The molecule has 0 bridgehead atoms. The van der Waals surface area contributed by atoms with Gasteiger partial charge in [0.25, 0.3) is 0 Å². The number of hydrogen-bond donors (Lipinski definition) is 1. The number of hydrogen-bond acceptors (Lipinski definition) is 2. The van der Waals surface area contributed by atoms with Gasteiger partial charge in [0.05, 0.1) is 6.54 Å². The van der Waals surface area contributed by atoms with Crippen molar-refractivity contribution in [2.24, 2.45) is 10.9 Å². The lowest BCUT2D eigenvalue weighted by Gasteiger charge is -2.23. The van der Waals surface area contributed by atoms with E-state index in [9.17, 15) is 13.2 Å². The predicted octanol–water partition coefficient (Wildman–Crippen LogP) is 3.12. The Hall–Kier alpha value is -1.24. The molecule has 24 heavy (non-hydrogen) atoms. The quantitative estimate of drug-likeness (QED) is 0.301. The van der Waals surface area contributed by atoms with Crippen LogP contribution in [0.2, 0.25) is 0 Å². The first-order valence-corrected chi connectivity index (χ1v) is 8.67. The van der Waals surface area contributed by atoms with Gasteiger partial charge in [-0.3, -0.25) is 9.89 Å². The van der Waals surface area contributed by atoms with Gasteiger partial charge in [0.1, 0.15) is 0 Å². The van der Waals surface area contributed by atoms with Gasteiger partial charge in [-0.2, -0.15) is 13.2 Å². The van der Waals surface area contributed by atoms with Gasteiger partial charge in [-0.15, -0.1) is 6.58 Å². The third kappa shape index (κ3) is 8.57. The Labute approximate surface area is 143 Å². The SMILES string of the molecule is C=CCCCCCN(C)C(=NC)NCC1CCN(CC(F)(F)F)C1. The molecule has 4 nitrogen and oxygen atoms in total. The van der Waals surface area contributed by atoms with Crippen LogP contribution in [0.25, 0.3) is 0 Å². The van der Waals surface area contributed by atoms with Crippen LogP contribution in [0.15, 0.2) is 17.6 Å². The van der Waals surface area contributed by atoms with E-state index in [1.54, 1.807) is 7.05 Å². The smallest absolute Gasteiger partial charge is 0.356 e.